The molecule has 0 fully saturated rings. The second-order valence-corrected chi connectivity index (χ2v) is 6.47. The highest BCUT2D eigenvalue weighted by Gasteiger charge is 2.16. The predicted molar refractivity (Wildman–Crippen MR) is 63.7 cm³/mol. The van der Waals surface area contributed by atoms with E-state index in [0.717, 1.165) is 5.69 Å². The third-order valence-corrected chi connectivity index (χ3v) is 3.89. The second-order valence-electron chi connectivity index (χ2n) is 3.42. The maximum atomic E-state index is 11.1. The van der Waals surface area contributed by atoms with Gasteiger partial charge in [-0.2, -0.15) is 10.4 Å². The van der Waals surface area contributed by atoms with E-state index in [1.54, 1.807) is 4.68 Å². The molecule has 0 unspecified atom stereocenters. The number of aryl methyl sites for hydroxylation is 1. The highest BCUT2D eigenvalue weighted by molar-refractivity contribution is 9.10. The van der Waals surface area contributed by atoms with Crippen LogP contribution in [0.25, 0.3) is 0 Å². The van der Waals surface area contributed by atoms with E-state index in [0.29, 0.717) is 23.1 Å². The Hall–Kier alpha value is -0.870. The lowest BCUT2D eigenvalue weighted by Gasteiger charge is -2.04. The van der Waals surface area contributed by atoms with Gasteiger partial charge >= 0.3 is 0 Å². The van der Waals surface area contributed by atoms with Gasteiger partial charge in [0.05, 0.1) is 15.9 Å². The third kappa shape index (κ3) is 3.06. The fourth-order valence-corrected chi connectivity index (χ4v) is 2.46. The average molecular weight is 306 g/mol. The number of hydrogen-bond donors (Lipinski definition) is 0. The van der Waals surface area contributed by atoms with Gasteiger partial charge in [0.25, 0.3) is 0 Å². The van der Waals surface area contributed by atoms with Gasteiger partial charge in [-0.05, 0) is 22.9 Å². The maximum Gasteiger partial charge on any atom is 0.176 e. The largest absolute Gasteiger partial charge is 0.267 e. The van der Waals surface area contributed by atoms with Crippen molar-refractivity contribution in [1.29, 1.82) is 5.26 Å². The summed E-state index contributed by atoms with van der Waals surface area (Å²) in [6, 6.07) is 1.96. The zero-order valence-corrected chi connectivity index (χ0v) is 11.5. The van der Waals surface area contributed by atoms with Crippen LogP contribution in [-0.2, 0) is 22.8 Å². The molecule has 1 aromatic heterocycles. The van der Waals surface area contributed by atoms with Crippen molar-refractivity contribution in [2.45, 2.75) is 19.9 Å². The highest BCUT2D eigenvalue weighted by Crippen LogP contribution is 2.21. The van der Waals surface area contributed by atoms with Crippen molar-refractivity contribution in [3.63, 3.8) is 0 Å². The molecule has 1 rings (SSSR count). The van der Waals surface area contributed by atoms with Crippen molar-refractivity contribution in [2.75, 3.05) is 12.0 Å². The molecule has 0 atom stereocenters. The van der Waals surface area contributed by atoms with E-state index in [-0.39, 0.29) is 5.75 Å². The first-order valence-corrected chi connectivity index (χ1v) is 7.57. The molecule has 0 bridgehead atoms. The molecule has 1 heterocycles. The molecule has 1 aromatic rings. The summed E-state index contributed by atoms with van der Waals surface area (Å²) >= 11 is 3.27. The first kappa shape index (κ1) is 13.2. The summed E-state index contributed by atoms with van der Waals surface area (Å²) in [4.78, 5) is 0. The van der Waals surface area contributed by atoms with Gasteiger partial charge in [0.1, 0.15) is 15.9 Å². The number of sulfone groups is 1. The Morgan fingerprint density at radius 2 is 2.19 bits per heavy atom. The first-order chi connectivity index (χ1) is 7.39. The molecule has 0 radical (unpaired) electrons. The van der Waals surface area contributed by atoms with Crippen LogP contribution in [0.2, 0.25) is 0 Å². The van der Waals surface area contributed by atoms with Crippen molar-refractivity contribution in [2.24, 2.45) is 0 Å². The van der Waals surface area contributed by atoms with Crippen LogP contribution < -0.4 is 0 Å². The lowest BCUT2D eigenvalue weighted by atomic mass is 10.3. The molecule has 0 N–H and O–H groups in total. The van der Waals surface area contributed by atoms with Gasteiger partial charge in [-0.25, -0.2) is 8.42 Å². The van der Waals surface area contributed by atoms with Gasteiger partial charge in [-0.1, -0.05) is 0 Å². The molecule has 0 aromatic carbocycles. The minimum Gasteiger partial charge on any atom is -0.267 e. The summed E-state index contributed by atoms with van der Waals surface area (Å²) in [6.07, 6.45) is 1.56. The standard InChI is InChI=1S/C9H12BrN3O2S/c1-3-13-8(4-5-16(2,14)15)9(10)7(6-11)12-13/h3-5H2,1-2H3. The summed E-state index contributed by atoms with van der Waals surface area (Å²) in [5.74, 6) is 0.0577. The summed E-state index contributed by atoms with van der Waals surface area (Å²) in [7, 11) is -3.01. The number of halogens is 1. The van der Waals surface area contributed by atoms with Gasteiger partial charge in [-0.15, -0.1) is 0 Å². The fraction of sp³-hybridized carbons (Fsp3) is 0.556. The molecule has 0 aliphatic heterocycles. The SMILES string of the molecule is CCn1nc(C#N)c(Br)c1CCS(C)(=O)=O. The van der Waals surface area contributed by atoms with Crippen LogP contribution in [0.1, 0.15) is 18.3 Å². The molecular weight excluding hydrogens is 294 g/mol. The molecule has 0 aliphatic rings. The van der Waals surface area contributed by atoms with Crippen LogP contribution in [0.3, 0.4) is 0 Å². The summed E-state index contributed by atoms with van der Waals surface area (Å²) in [5.41, 5.74) is 1.05. The van der Waals surface area contributed by atoms with Crippen LogP contribution >= 0.6 is 15.9 Å². The zero-order valence-electron chi connectivity index (χ0n) is 9.07. The topological polar surface area (TPSA) is 75.8 Å². The number of aromatic nitrogens is 2. The zero-order chi connectivity index (χ0) is 12.3. The Bertz CT molecular complexity index is 528. The molecule has 0 saturated carbocycles. The maximum absolute atomic E-state index is 11.1. The highest BCUT2D eigenvalue weighted by atomic mass is 79.9. The van der Waals surface area contributed by atoms with E-state index >= 15 is 0 Å². The molecule has 0 spiro atoms. The smallest absolute Gasteiger partial charge is 0.176 e. The Labute approximate surface area is 103 Å². The van der Waals surface area contributed by atoms with E-state index in [1.165, 1.54) is 6.26 Å². The third-order valence-electron chi connectivity index (χ3n) is 2.11. The Kier molecular flexibility index (Phi) is 4.10. The van der Waals surface area contributed by atoms with Crippen LogP contribution in [0, 0.1) is 11.3 Å². The minimum absolute atomic E-state index is 0.0577. The number of hydrogen-bond acceptors (Lipinski definition) is 4. The molecule has 88 valence electrons. The Morgan fingerprint density at radius 1 is 1.56 bits per heavy atom. The van der Waals surface area contributed by atoms with E-state index in [2.05, 4.69) is 21.0 Å². The van der Waals surface area contributed by atoms with Crippen molar-refractivity contribution in [3.05, 3.63) is 15.9 Å². The van der Waals surface area contributed by atoms with Crippen LogP contribution in [0.4, 0.5) is 0 Å². The second kappa shape index (κ2) is 4.97. The fourth-order valence-electron chi connectivity index (χ4n) is 1.33. The number of nitriles is 1. The normalized spacial score (nSPS) is 11.4. The van der Waals surface area contributed by atoms with E-state index in [1.807, 2.05) is 13.0 Å². The lowest BCUT2D eigenvalue weighted by Crippen LogP contribution is -2.10. The Morgan fingerprint density at radius 3 is 2.62 bits per heavy atom. The number of nitrogens with zero attached hydrogens (tertiary/aromatic N) is 3. The summed E-state index contributed by atoms with van der Waals surface area (Å²) < 4.78 is 24.4. The first-order valence-electron chi connectivity index (χ1n) is 4.72. The lowest BCUT2D eigenvalue weighted by molar-refractivity contribution is 0.594. The molecule has 0 aliphatic carbocycles. The molecule has 16 heavy (non-hydrogen) atoms. The molecule has 5 nitrogen and oxygen atoms in total. The monoisotopic (exact) mass is 305 g/mol. The van der Waals surface area contributed by atoms with Crippen molar-refractivity contribution < 1.29 is 8.42 Å². The Balaban J connectivity index is 3.04. The molecule has 7 heteroatoms. The van der Waals surface area contributed by atoms with E-state index < -0.39 is 9.84 Å². The molecule has 0 amide bonds. The van der Waals surface area contributed by atoms with Gasteiger partial charge in [-0.3, -0.25) is 4.68 Å². The molecule has 0 saturated heterocycles. The van der Waals surface area contributed by atoms with Crippen molar-refractivity contribution >= 4 is 25.8 Å². The number of rotatable bonds is 4. The van der Waals surface area contributed by atoms with Gasteiger partial charge in [0.15, 0.2) is 5.69 Å². The summed E-state index contributed by atoms with van der Waals surface area (Å²) in [6.45, 7) is 2.50. The van der Waals surface area contributed by atoms with E-state index in [9.17, 15) is 8.42 Å². The van der Waals surface area contributed by atoms with Gasteiger partial charge in [0, 0.05) is 19.2 Å². The average Bonchev–Trinajstić information content (AvgIpc) is 2.50. The van der Waals surface area contributed by atoms with Crippen LogP contribution in [0.15, 0.2) is 4.47 Å². The quantitative estimate of drug-likeness (QED) is 0.835. The minimum atomic E-state index is -3.01. The van der Waals surface area contributed by atoms with Crippen molar-refractivity contribution in [1.82, 2.24) is 9.78 Å². The van der Waals surface area contributed by atoms with Crippen LogP contribution in [0.5, 0.6) is 0 Å². The van der Waals surface area contributed by atoms with Gasteiger partial charge in [0.2, 0.25) is 0 Å². The van der Waals surface area contributed by atoms with Gasteiger partial charge < -0.3 is 0 Å². The summed E-state index contributed by atoms with van der Waals surface area (Å²) in [5, 5.41) is 12.9. The predicted octanol–water partition coefficient (Wildman–Crippen LogP) is 1.12. The van der Waals surface area contributed by atoms with Crippen LogP contribution in [-0.4, -0.2) is 30.2 Å². The molecular formula is C9H12BrN3O2S. The van der Waals surface area contributed by atoms with Crippen molar-refractivity contribution in [3.8, 4) is 6.07 Å². The van der Waals surface area contributed by atoms with E-state index in [4.69, 9.17) is 5.26 Å².